The van der Waals surface area contributed by atoms with Crippen LogP contribution in [0.25, 0.3) is 0 Å². The van der Waals surface area contributed by atoms with Gasteiger partial charge in [0.2, 0.25) is 0 Å². The molecule has 6 heteroatoms. The Bertz CT molecular complexity index is 179. The van der Waals surface area contributed by atoms with E-state index in [1.54, 1.807) is 0 Å². The van der Waals surface area contributed by atoms with E-state index in [4.69, 9.17) is 5.21 Å². The van der Waals surface area contributed by atoms with Gasteiger partial charge in [0, 0.05) is 12.1 Å². The number of hydrogen-bond acceptors (Lipinski definition) is 6. The molecule has 1 aliphatic rings. The van der Waals surface area contributed by atoms with E-state index < -0.39 is 12.1 Å². The maximum absolute atomic E-state index is 11.2. The third-order valence-corrected chi connectivity index (χ3v) is 2.78. The molecule has 0 aromatic rings. The first kappa shape index (κ1) is 11.8. The lowest BCUT2D eigenvalue weighted by atomic mass is 9.84. The van der Waals surface area contributed by atoms with E-state index in [0.29, 0.717) is 24.0 Å². The van der Waals surface area contributed by atoms with E-state index in [9.17, 15) is 10.4 Å². The molecule has 0 spiro atoms. The molecule has 0 radical (unpaired) electrons. The third kappa shape index (κ3) is 2.63. The van der Waals surface area contributed by atoms with Crippen molar-refractivity contribution in [3.63, 3.8) is 0 Å². The second-order valence-electron chi connectivity index (χ2n) is 3.82. The summed E-state index contributed by atoms with van der Waals surface area (Å²) in [7, 11) is 1.26. The van der Waals surface area contributed by atoms with Crippen LogP contribution in [0.2, 0.25) is 0 Å². The van der Waals surface area contributed by atoms with E-state index >= 15 is 0 Å². The molecule has 0 bridgehead atoms. The Morgan fingerprint density at radius 2 is 1.93 bits per heavy atom. The van der Waals surface area contributed by atoms with Crippen LogP contribution in [0.1, 0.15) is 26.2 Å². The molecule has 3 atom stereocenters. The molecule has 0 aliphatic heterocycles. The molecule has 1 fully saturated rings. The zero-order valence-electron chi connectivity index (χ0n) is 8.42. The van der Waals surface area contributed by atoms with Crippen molar-refractivity contribution in [1.82, 2.24) is 10.5 Å². The fraction of sp³-hybridized carbons (Fsp3) is 1.00. The van der Waals surface area contributed by atoms with Crippen LogP contribution in [0.5, 0.6) is 0 Å². The van der Waals surface area contributed by atoms with E-state index in [0.717, 1.165) is 6.42 Å². The van der Waals surface area contributed by atoms with Crippen LogP contribution in [0.3, 0.4) is 0 Å². The topological polar surface area (TPSA) is 82.1 Å². The number of nitrogens with zero attached hydrogens (tertiary/aromatic N) is 2. The van der Waals surface area contributed by atoms with Crippen molar-refractivity contribution in [2.75, 3.05) is 7.11 Å². The van der Waals surface area contributed by atoms with Crippen LogP contribution in [-0.4, -0.2) is 34.9 Å². The maximum atomic E-state index is 11.2. The van der Waals surface area contributed by atoms with Crippen molar-refractivity contribution < 1.29 is 10.0 Å². The Morgan fingerprint density at radius 1 is 1.29 bits per heavy atom. The van der Waals surface area contributed by atoms with E-state index in [2.05, 4.69) is 4.84 Å². The first-order valence-electron chi connectivity index (χ1n) is 4.72. The maximum Gasteiger partial charge on any atom is 0.0563 e. The molecule has 6 nitrogen and oxygen atoms in total. The second-order valence-corrected chi connectivity index (χ2v) is 3.82. The van der Waals surface area contributed by atoms with Gasteiger partial charge < -0.3 is 20.5 Å². The SMILES string of the molecule is CON([O-])C1CC(C)CCC1N([O-])O. The van der Waals surface area contributed by atoms with Crippen LogP contribution >= 0.6 is 0 Å². The Labute approximate surface area is 83.1 Å². The molecule has 14 heavy (non-hydrogen) atoms. The highest BCUT2D eigenvalue weighted by Gasteiger charge is 2.30. The summed E-state index contributed by atoms with van der Waals surface area (Å²) in [5, 5.41) is 31.1. The molecular formula is C8H16N2O4-2. The standard InChI is InChI=1S/C8H16N2O4/c1-6-3-4-7(9(11)12)8(5-6)10(13)14-2/h6-8,11H,3-5H2,1-2H3/q-2. The molecule has 3 unspecified atom stereocenters. The largest absolute Gasteiger partial charge is 0.762 e. The van der Waals surface area contributed by atoms with Gasteiger partial charge in [0.15, 0.2) is 0 Å². The molecule has 1 rings (SSSR count). The minimum absolute atomic E-state index is 0.125. The highest BCUT2D eigenvalue weighted by molar-refractivity contribution is 4.88. The summed E-state index contributed by atoms with van der Waals surface area (Å²) in [4.78, 5) is 4.52. The quantitative estimate of drug-likeness (QED) is 0.693. The lowest BCUT2D eigenvalue weighted by molar-refractivity contribution is -0.185. The summed E-state index contributed by atoms with van der Waals surface area (Å²) in [5.74, 6) is 0.378. The molecule has 0 saturated heterocycles. The van der Waals surface area contributed by atoms with Crippen LogP contribution < -0.4 is 0 Å². The van der Waals surface area contributed by atoms with Gasteiger partial charge in [-0.25, -0.2) is 0 Å². The molecule has 84 valence electrons. The summed E-state index contributed by atoms with van der Waals surface area (Å²) in [6.45, 7) is 2.01. The summed E-state index contributed by atoms with van der Waals surface area (Å²) >= 11 is 0. The number of hydrogen-bond donors (Lipinski definition) is 1. The van der Waals surface area contributed by atoms with Gasteiger partial charge in [0.05, 0.1) is 7.11 Å². The van der Waals surface area contributed by atoms with E-state index in [1.165, 1.54) is 7.11 Å². The van der Waals surface area contributed by atoms with E-state index in [1.807, 2.05) is 6.92 Å². The number of rotatable bonds is 3. The summed E-state index contributed by atoms with van der Waals surface area (Å²) in [5.41, 5.74) is 0. The minimum atomic E-state index is -0.677. The van der Waals surface area contributed by atoms with Gasteiger partial charge in [-0.05, 0) is 25.2 Å². The predicted octanol–water partition coefficient (Wildman–Crippen LogP) is 1.09. The predicted molar refractivity (Wildman–Crippen MR) is 49.8 cm³/mol. The average molecular weight is 204 g/mol. The molecule has 0 aromatic carbocycles. The van der Waals surface area contributed by atoms with Gasteiger partial charge in [0.1, 0.15) is 0 Å². The zero-order chi connectivity index (χ0) is 10.7. The molecule has 1 saturated carbocycles. The number of hydroxylamine groups is 4. The molecule has 0 heterocycles. The first-order valence-corrected chi connectivity index (χ1v) is 4.72. The van der Waals surface area contributed by atoms with Crippen molar-refractivity contribution in [2.24, 2.45) is 5.92 Å². The van der Waals surface area contributed by atoms with Crippen LogP contribution in [0.15, 0.2) is 0 Å². The van der Waals surface area contributed by atoms with Crippen molar-refractivity contribution in [2.45, 2.75) is 38.3 Å². The highest BCUT2D eigenvalue weighted by atomic mass is 16.9. The lowest BCUT2D eigenvalue weighted by Gasteiger charge is -2.48. The third-order valence-electron chi connectivity index (χ3n) is 2.78. The summed E-state index contributed by atoms with van der Waals surface area (Å²) in [6.07, 6.45) is 1.94. The van der Waals surface area contributed by atoms with Gasteiger partial charge in [-0.2, -0.15) is 0 Å². The molecule has 1 aliphatic carbocycles. The van der Waals surface area contributed by atoms with Crippen LogP contribution in [0.4, 0.5) is 0 Å². The van der Waals surface area contributed by atoms with E-state index in [-0.39, 0.29) is 5.23 Å². The fourth-order valence-electron chi connectivity index (χ4n) is 1.95. The molecule has 0 amide bonds. The normalized spacial score (nSPS) is 34.1. The van der Waals surface area contributed by atoms with Gasteiger partial charge in [-0.15, -0.1) is 0 Å². The Kier molecular flexibility index (Phi) is 4.24. The molecular weight excluding hydrogens is 188 g/mol. The highest BCUT2D eigenvalue weighted by Crippen LogP contribution is 2.29. The second kappa shape index (κ2) is 5.01. The monoisotopic (exact) mass is 204 g/mol. The smallest absolute Gasteiger partial charge is 0.0563 e. The van der Waals surface area contributed by atoms with Gasteiger partial charge in [-0.3, -0.25) is 10.5 Å². The Balaban J connectivity index is 2.63. The molecule has 0 aromatic heterocycles. The van der Waals surface area contributed by atoms with Crippen molar-refractivity contribution in [3.05, 3.63) is 10.4 Å². The summed E-state index contributed by atoms with van der Waals surface area (Å²) in [6, 6.07) is -1.25. The molecule has 1 N–H and O–H groups in total. The van der Waals surface area contributed by atoms with Crippen molar-refractivity contribution >= 4 is 0 Å². The lowest BCUT2D eigenvalue weighted by Crippen LogP contribution is -2.50. The van der Waals surface area contributed by atoms with Crippen LogP contribution in [-0.2, 0) is 4.84 Å². The minimum Gasteiger partial charge on any atom is -0.762 e. The van der Waals surface area contributed by atoms with Gasteiger partial charge in [-0.1, -0.05) is 6.92 Å². The van der Waals surface area contributed by atoms with Crippen LogP contribution in [0, 0.1) is 16.3 Å². The fourth-order valence-corrected chi connectivity index (χ4v) is 1.95. The van der Waals surface area contributed by atoms with Gasteiger partial charge >= 0.3 is 0 Å². The van der Waals surface area contributed by atoms with Crippen molar-refractivity contribution in [1.29, 1.82) is 0 Å². The zero-order valence-corrected chi connectivity index (χ0v) is 8.42. The summed E-state index contributed by atoms with van der Waals surface area (Å²) < 4.78 is 0. The average Bonchev–Trinajstić information content (AvgIpc) is 2.16. The van der Waals surface area contributed by atoms with Gasteiger partial charge in [0.25, 0.3) is 0 Å². The first-order chi connectivity index (χ1) is 6.56. The Morgan fingerprint density at radius 3 is 2.43 bits per heavy atom. The van der Waals surface area contributed by atoms with Crippen molar-refractivity contribution in [3.8, 4) is 0 Å². The Hall–Kier alpha value is -0.240.